The van der Waals surface area contributed by atoms with Crippen LogP contribution in [0.25, 0.3) is 22.4 Å². The Morgan fingerprint density at radius 2 is 1.76 bits per heavy atom. The normalized spacial score (nSPS) is 11.1. The van der Waals surface area contributed by atoms with Crippen LogP contribution in [0.1, 0.15) is 18.5 Å². The van der Waals surface area contributed by atoms with Gasteiger partial charge in [0.2, 0.25) is 5.91 Å². The van der Waals surface area contributed by atoms with E-state index in [1.54, 1.807) is 68.8 Å². The number of rotatable bonds is 8. The number of aromatic nitrogens is 2. The third-order valence-corrected chi connectivity index (χ3v) is 5.32. The van der Waals surface area contributed by atoms with Crippen molar-refractivity contribution >= 4 is 22.6 Å². The van der Waals surface area contributed by atoms with Crippen LogP contribution in [0.5, 0.6) is 11.5 Å². The van der Waals surface area contributed by atoms with E-state index in [1.165, 1.54) is 0 Å². The predicted octanol–water partition coefficient (Wildman–Crippen LogP) is 5.69. The van der Waals surface area contributed by atoms with Gasteiger partial charge in [-0.25, -0.2) is 4.98 Å². The molecule has 0 radical (unpaired) electrons. The molecular weight excluding hydrogens is 428 g/mol. The van der Waals surface area contributed by atoms with Crippen LogP contribution in [0.4, 0.5) is 14.5 Å². The topological polar surface area (TPSA) is 65.4 Å². The highest BCUT2D eigenvalue weighted by Crippen LogP contribution is 2.32. The molecule has 33 heavy (non-hydrogen) atoms. The number of nitrogens with zero attached hydrogens (tertiary/aromatic N) is 2. The van der Waals surface area contributed by atoms with Crippen LogP contribution >= 0.6 is 0 Å². The van der Waals surface area contributed by atoms with Crippen LogP contribution in [0.3, 0.4) is 0 Å². The van der Waals surface area contributed by atoms with Crippen molar-refractivity contribution in [1.82, 2.24) is 9.55 Å². The Labute approximate surface area is 189 Å². The van der Waals surface area contributed by atoms with Crippen LogP contribution in [0.15, 0.2) is 66.7 Å². The maximum absolute atomic E-state index is 13.7. The molecule has 0 aliphatic rings. The molecule has 1 heterocycles. The second kappa shape index (κ2) is 9.68. The molecule has 0 saturated carbocycles. The number of carbonyl (C=O) groups excluding carboxylic acids is 1. The molecule has 3 aromatic carbocycles. The van der Waals surface area contributed by atoms with Crippen LogP contribution in [-0.4, -0.2) is 29.7 Å². The van der Waals surface area contributed by atoms with Crippen molar-refractivity contribution < 1.29 is 23.0 Å². The van der Waals surface area contributed by atoms with E-state index in [4.69, 9.17) is 9.47 Å². The molecule has 8 heteroatoms. The highest BCUT2D eigenvalue weighted by Gasteiger charge is 2.19. The van der Waals surface area contributed by atoms with Gasteiger partial charge in [-0.05, 0) is 54.4 Å². The number of hydrogen-bond donors (Lipinski definition) is 1. The summed E-state index contributed by atoms with van der Waals surface area (Å²) >= 11 is 0. The van der Waals surface area contributed by atoms with Crippen LogP contribution in [0.2, 0.25) is 0 Å². The van der Waals surface area contributed by atoms with Crippen molar-refractivity contribution in [2.45, 2.75) is 19.4 Å². The third-order valence-electron chi connectivity index (χ3n) is 5.32. The van der Waals surface area contributed by atoms with Gasteiger partial charge in [0.05, 0.1) is 25.3 Å². The number of aryl methyl sites for hydroxylation is 1. The summed E-state index contributed by atoms with van der Waals surface area (Å²) in [4.78, 5) is 16.8. The van der Waals surface area contributed by atoms with Crippen molar-refractivity contribution in [2.75, 3.05) is 19.5 Å². The largest absolute Gasteiger partial charge is 0.493 e. The van der Waals surface area contributed by atoms with Crippen molar-refractivity contribution in [3.8, 4) is 22.9 Å². The zero-order valence-corrected chi connectivity index (χ0v) is 18.2. The Balaban J connectivity index is 1.46. The minimum atomic E-state index is -2.72. The minimum absolute atomic E-state index is 0.174. The van der Waals surface area contributed by atoms with Gasteiger partial charge < -0.3 is 14.8 Å². The van der Waals surface area contributed by atoms with Gasteiger partial charge in [-0.2, -0.15) is 8.78 Å². The number of nitrogens with one attached hydrogen (secondary N) is 1. The Morgan fingerprint density at radius 1 is 1.00 bits per heavy atom. The van der Waals surface area contributed by atoms with Crippen LogP contribution in [-0.2, 0) is 11.2 Å². The van der Waals surface area contributed by atoms with Crippen molar-refractivity contribution in [1.29, 1.82) is 0 Å². The summed E-state index contributed by atoms with van der Waals surface area (Å²) in [5, 5.41) is 2.83. The molecule has 0 saturated heterocycles. The first-order chi connectivity index (χ1) is 16.0. The molecule has 1 N–H and O–H groups in total. The van der Waals surface area contributed by atoms with Gasteiger partial charge in [0.15, 0.2) is 11.5 Å². The van der Waals surface area contributed by atoms with Gasteiger partial charge in [0, 0.05) is 17.7 Å². The van der Waals surface area contributed by atoms with Gasteiger partial charge in [-0.3, -0.25) is 9.36 Å². The molecule has 0 atom stereocenters. The molecule has 4 aromatic rings. The molecule has 170 valence electrons. The predicted molar refractivity (Wildman–Crippen MR) is 123 cm³/mol. The van der Waals surface area contributed by atoms with Crippen molar-refractivity contribution in [2.24, 2.45) is 0 Å². The lowest BCUT2D eigenvalue weighted by molar-refractivity contribution is -0.116. The molecule has 0 bridgehead atoms. The standard InChI is InChI=1S/C25H23F2N3O3/c1-32-21-9-5-6-16(23(21)33-2)12-15-22(31)28-18-13-10-17(11-14-18)24-29-19-7-3-4-8-20(19)30(24)25(26)27/h3-11,13-14,25H,12,15H2,1-2H3,(H,28,31). The zero-order chi connectivity index (χ0) is 23.4. The van der Waals surface area contributed by atoms with E-state index < -0.39 is 6.55 Å². The number of amides is 1. The molecule has 0 spiro atoms. The molecule has 0 unspecified atom stereocenters. The Kier molecular flexibility index (Phi) is 6.53. The summed E-state index contributed by atoms with van der Waals surface area (Å²) in [5.74, 6) is 1.22. The summed E-state index contributed by atoms with van der Waals surface area (Å²) in [6.45, 7) is -2.72. The fourth-order valence-corrected chi connectivity index (χ4v) is 3.77. The summed E-state index contributed by atoms with van der Waals surface area (Å²) in [6, 6.07) is 19.0. The van der Waals surface area contributed by atoms with Gasteiger partial charge in [0.1, 0.15) is 5.82 Å². The van der Waals surface area contributed by atoms with E-state index in [9.17, 15) is 13.6 Å². The van der Waals surface area contributed by atoms with E-state index in [-0.39, 0.29) is 18.2 Å². The van der Waals surface area contributed by atoms with Crippen molar-refractivity contribution in [3.05, 3.63) is 72.3 Å². The lowest BCUT2D eigenvalue weighted by Gasteiger charge is -2.12. The first kappa shape index (κ1) is 22.3. The van der Waals surface area contributed by atoms with Gasteiger partial charge >= 0.3 is 6.55 Å². The number of fused-ring (bicyclic) bond motifs is 1. The first-order valence-electron chi connectivity index (χ1n) is 10.4. The number of anilines is 1. The minimum Gasteiger partial charge on any atom is -0.493 e. The molecule has 0 aliphatic heterocycles. The SMILES string of the molecule is COc1cccc(CCC(=O)Nc2ccc(-c3nc4ccccc4n3C(F)F)cc2)c1OC. The highest BCUT2D eigenvalue weighted by molar-refractivity contribution is 5.91. The second-order valence-electron chi connectivity index (χ2n) is 7.35. The molecule has 1 amide bonds. The Bertz CT molecular complexity index is 1270. The Hall–Kier alpha value is -3.94. The fourth-order valence-electron chi connectivity index (χ4n) is 3.77. The monoisotopic (exact) mass is 451 g/mol. The van der Waals surface area contributed by atoms with Gasteiger partial charge in [-0.15, -0.1) is 0 Å². The second-order valence-corrected chi connectivity index (χ2v) is 7.35. The van der Waals surface area contributed by atoms with E-state index in [1.807, 2.05) is 12.1 Å². The third kappa shape index (κ3) is 4.64. The van der Waals surface area contributed by atoms with Gasteiger partial charge in [0.25, 0.3) is 0 Å². The molecule has 1 aromatic heterocycles. The maximum Gasteiger partial charge on any atom is 0.320 e. The summed E-state index contributed by atoms with van der Waals surface area (Å²) < 4.78 is 39.0. The lowest BCUT2D eigenvalue weighted by Crippen LogP contribution is -2.12. The van der Waals surface area contributed by atoms with Crippen LogP contribution < -0.4 is 14.8 Å². The molecular formula is C25H23F2N3O3. The number of ether oxygens (including phenoxy) is 2. The average Bonchev–Trinajstić information content (AvgIpc) is 3.22. The van der Waals surface area contributed by atoms with E-state index in [0.29, 0.717) is 40.2 Å². The smallest absolute Gasteiger partial charge is 0.320 e. The summed E-state index contributed by atoms with van der Waals surface area (Å²) in [7, 11) is 3.12. The lowest BCUT2D eigenvalue weighted by atomic mass is 10.1. The van der Waals surface area contributed by atoms with Crippen LogP contribution in [0, 0.1) is 0 Å². The number of imidazole rings is 1. The first-order valence-corrected chi connectivity index (χ1v) is 10.4. The Morgan fingerprint density at radius 3 is 2.45 bits per heavy atom. The zero-order valence-electron chi connectivity index (χ0n) is 18.2. The highest BCUT2D eigenvalue weighted by atomic mass is 19.3. The quantitative estimate of drug-likeness (QED) is 0.374. The molecule has 6 nitrogen and oxygen atoms in total. The molecule has 4 rings (SSSR count). The number of alkyl halides is 2. The van der Waals surface area contributed by atoms with Crippen molar-refractivity contribution in [3.63, 3.8) is 0 Å². The number of hydrogen-bond acceptors (Lipinski definition) is 4. The van der Waals surface area contributed by atoms with E-state index in [2.05, 4.69) is 10.3 Å². The van der Waals surface area contributed by atoms with E-state index in [0.717, 1.165) is 10.1 Å². The number of halogens is 2. The number of carbonyl (C=O) groups is 1. The number of benzene rings is 3. The van der Waals surface area contributed by atoms with Gasteiger partial charge in [-0.1, -0.05) is 24.3 Å². The number of para-hydroxylation sites is 3. The summed E-state index contributed by atoms with van der Waals surface area (Å²) in [6.07, 6.45) is 0.717. The average molecular weight is 451 g/mol. The number of methoxy groups -OCH3 is 2. The fraction of sp³-hybridized carbons (Fsp3) is 0.200. The molecule has 0 fully saturated rings. The molecule has 0 aliphatic carbocycles. The summed E-state index contributed by atoms with van der Waals surface area (Å²) in [5.41, 5.74) is 2.84. The van der Waals surface area contributed by atoms with E-state index >= 15 is 0 Å². The maximum atomic E-state index is 13.7.